The fourth-order valence-electron chi connectivity index (χ4n) is 10.8. The Bertz CT molecular complexity index is 1190. The molecule has 0 heterocycles. The minimum atomic E-state index is -0.0492. The summed E-state index contributed by atoms with van der Waals surface area (Å²) in [4.78, 5) is 59.1. The van der Waals surface area contributed by atoms with Gasteiger partial charge in [-0.1, -0.05) is 221 Å². The summed E-state index contributed by atoms with van der Waals surface area (Å²) in [6, 6.07) is 0. The largest absolute Gasteiger partial charge is 0.465 e. The lowest BCUT2D eigenvalue weighted by Gasteiger charge is -2.24. The number of ether oxygens (including phenoxy) is 2. The topological polar surface area (TPSA) is 96.5 Å². The van der Waals surface area contributed by atoms with Gasteiger partial charge in [-0.25, -0.2) is 0 Å². The van der Waals surface area contributed by atoms with Crippen LogP contribution in [0.15, 0.2) is 0 Å². The van der Waals surface area contributed by atoms with E-state index in [1.54, 1.807) is 0 Å². The van der Waals surface area contributed by atoms with Gasteiger partial charge in [0.05, 0.1) is 13.2 Å². The van der Waals surface area contributed by atoms with Crippen LogP contribution in [0.1, 0.15) is 337 Å². The van der Waals surface area contributed by atoms with E-state index < -0.39 is 0 Å². The molecule has 0 rings (SSSR count). The number of nitrogens with zero attached hydrogens (tertiary/aromatic N) is 3. The van der Waals surface area contributed by atoms with Gasteiger partial charge in [0.2, 0.25) is 11.8 Å². The highest BCUT2D eigenvalue weighted by Crippen LogP contribution is 2.22. The maximum absolute atomic E-state index is 13.5. The zero-order valence-corrected chi connectivity index (χ0v) is 52.1. The van der Waals surface area contributed by atoms with Gasteiger partial charge in [-0.15, -0.1) is 0 Å². The smallest absolute Gasteiger partial charge is 0.305 e. The van der Waals surface area contributed by atoms with E-state index in [2.05, 4.69) is 63.3 Å². The highest BCUT2D eigenvalue weighted by Gasteiger charge is 2.17. The Labute approximate surface area is 473 Å². The molecule has 76 heavy (non-hydrogen) atoms. The molecule has 9 heteroatoms. The lowest BCUT2D eigenvalue weighted by atomic mass is 9.95. The van der Waals surface area contributed by atoms with Crippen LogP contribution in [0.2, 0.25) is 0 Å². The van der Waals surface area contributed by atoms with E-state index >= 15 is 0 Å². The number of hydrogen-bond donors (Lipinski definition) is 0. The first-order chi connectivity index (χ1) is 37.1. The minimum Gasteiger partial charge on any atom is -0.465 e. The van der Waals surface area contributed by atoms with Crippen LogP contribution in [0.5, 0.6) is 0 Å². The van der Waals surface area contributed by atoms with Crippen LogP contribution >= 0.6 is 0 Å². The van der Waals surface area contributed by atoms with Gasteiger partial charge < -0.3 is 24.2 Å². The average Bonchev–Trinajstić information content (AvgIpc) is 3.41. The Morgan fingerprint density at radius 1 is 0.289 bits per heavy atom. The minimum absolute atomic E-state index is 0.0492. The molecule has 0 bridgehead atoms. The number of esters is 2. The first-order valence-electron chi connectivity index (χ1n) is 33.7. The van der Waals surface area contributed by atoms with E-state index in [9.17, 15) is 19.2 Å². The van der Waals surface area contributed by atoms with Crippen molar-refractivity contribution in [3.63, 3.8) is 0 Å². The van der Waals surface area contributed by atoms with E-state index in [-0.39, 0.29) is 23.8 Å². The summed E-state index contributed by atoms with van der Waals surface area (Å²) in [7, 11) is 2.17. The summed E-state index contributed by atoms with van der Waals surface area (Å²) in [5.41, 5.74) is 0. The molecule has 0 aromatic heterocycles. The zero-order valence-electron chi connectivity index (χ0n) is 52.1. The summed E-state index contributed by atoms with van der Waals surface area (Å²) < 4.78 is 11.7. The molecule has 9 nitrogen and oxygen atoms in total. The number of rotatable bonds is 60. The third kappa shape index (κ3) is 48.9. The Hall–Kier alpha value is -2.16. The van der Waals surface area contributed by atoms with Crippen LogP contribution < -0.4 is 0 Å². The second kappa shape index (κ2) is 57.5. The van der Waals surface area contributed by atoms with E-state index in [1.165, 1.54) is 180 Å². The first-order valence-corrected chi connectivity index (χ1v) is 33.7. The molecule has 0 aromatic rings. The van der Waals surface area contributed by atoms with Crippen molar-refractivity contribution in [2.75, 3.05) is 59.5 Å². The molecule has 0 aromatic carbocycles. The molecule has 0 fully saturated rings. The summed E-state index contributed by atoms with van der Waals surface area (Å²) >= 11 is 0. The molecule has 0 spiro atoms. The molecule has 0 radical (unpaired) electrons. The number of hydrogen-bond acceptors (Lipinski definition) is 7. The van der Waals surface area contributed by atoms with Crippen molar-refractivity contribution in [1.29, 1.82) is 0 Å². The fourth-order valence-corrected chi connectivity index (χ4v) is 10.8. The Balaban J connectivity index is 4.69. The van der Waals surface area contributed by atoms with Crippen LogP contribution in [-0.2, 0) is 28.7 Å². The monoisotopic (exact) mass is 1070 g/mol. The van der Waals surface area contributed by atoms with Crippen LogP contribution in [0.25, 0.3) is 0 Å². The third-order valence-corrected chi connectivity index (χ3v) is 16.1. The molecule has 0 saturated heterocycles. The van der Waals surface area contributed by atoms with Crippen molar-refractivity contribution in [3.8, 4) is 0 Å². The van der Waals surface area contributed by atoms with Gasteiger partial charge in [0.25, 0.3) is 0 Å². The van der Waals surface area contributed by atoms with E-state index in [1.807, 2.05) is 0 Å². The molecule has 0 N–H and O–H groups in total. The van der Waals surface area contributed by atoms with Crippen LogP contribution in [0.3, 0.4) is 0 Å². The van der Waals surface area contributed by atoms with Crippen LogP contribution in [0.4, 0.5) is 0 Å². The molecule has 0 saturated carbocycles. The summed E-state index contributed by atoms with van der Waals surface area (Å²) in [6.07, 6.45) is 51.0. The molecule has 0 aliphatic carbocycles. The SMILES string of the molecule is CCCCCCCCC(CCCCCC)COC(=O)CCCCCN(CCCCCC)C(=O)CCCCN(C)CCCCC(=O)N(CCCCCC)CCCCCC(=O)OCC(CCCCCC)CCCCCCCC. The molecule has 2 atom stereocenters. The molecule has 0 aliphatic rings. The van der Waals surface area contributed by atoms with Gasteiger partial charge in [0.1, 0.15) is 0 Å². The van der Waals surface area contributed by atoms with Gasteiger partial charge in [0.15, 0.2) is 0 Å². The van der Waals surface area contributed by atoms with E-state index in [0.29, 0.717) is 50.7 Å². The molecule has 2 amide bonds. The van der Waals surface area contributed by atoms with Crippen molar-refractivity contribution in [1.82, 2.24) is 14.7 Å². The molecule has 450 valence electrons. The van der Waals surface area contributed by atoms with Crippen molar-refractivity contribution in [2.24, 2.45) is 11.8 Å². The highest BCUT2D eigenvalue weighted by atomic mass is 16.5. The quantitative estimate of drug-likeness (QED) is 0.0442. The van der Waals surface area contributed by atoms with Crippen molar-refractivity contribution >= 4 is 23.8 Å². The van der Waals surface area contributed by atoms with Gasteiger partial charge in [-0.3, -0.25) is 19.2 Å². The predicted molar refractivity (Wildman–Crippen MR) is 326 cm³/mol. The Morgan fingerprint density at radius 3 is 0.842 bits per heavy atom. The standard InChI is InChI=1S/C67H131N3O6/c1-8-14-20-26-28-34-48-62(46-32-22-16-10-3)60-75-66(73)52-36-30-42-58-69(56-40-24-18-12-5)64(71)50-38-44-54-68(7)55-45-39-51-65(72)70(57-41-25-19-13-6)59-43-31-37-53-67(74)76-61-63(47-33-23-17-11-4)49-35-29-27-21-15-9-2/h62-63H,8-61H2,1-7H3. The highest BCUT2D eigenvalue weighted by molar-refractivity contribution is 5.76. The lowest BCUT2D eigenvalue weighted by molar-refractivity contribution is -0.146. The number of unbranched alkanes of at least 4 members (excludes halogenated alkanes) is 28. The maximum Gasteiger partial charge on any atom is 0.305 e. The second-order valence-electron chi connectivity index (χ2n) is 23.6. The summed E-state index contributed by atoms with van der Waals surface area (Å²) in [5, 5.41) is 0. The van der Waals surface area contributed by atoms with Gasteiger partial charge >= 0.3 is 11.9 Å². The van der Waals surface area contributed by atoms with Crippen LogP contribution in [-0.4, -0.2) is 98.0 Å². The molecule has 0 aliphatic heterocycles. The third-order valence-electron chi connectivity index (χ3n) is 16.1. The average molecular weight is 1070 g/mol. The number of carbonyl (C=O) groups is 4. The van der Waals surface area contributed by atoms with Gasteiger partial charge in [-0.05, 0) is 122 Å². The molecule has 2 unspecified atom stereocenters. The Kier molecular flexibility index (Phi) is 55.9. The van der Waals surface area contributed by atoms with E-state index in [4.69, 9.17) is 9.47 Å². The van der Waals surface area contributed by atoms with Crippen LogP contribution in [0, 0.1) is 11.8 Å². The number of carbonyl (C=O) groups excluding carboxylic acids is 4. The molecular weight excluding hydrogens is 943 g/mol. The van der Waals surface area contributed by atoms with E-state index in [0.717, 1.165) is 129 Å². The second-order valence-corrected chi connectivity index (χ2v) is 23.6. The van der Waals surface area contributed by atoms with Crippen molar-refractivity contribution in [2.45, 2.75) is 337 Å². The zero-order chi connectivity index (χ0) is 55.8. The van der Waals surface area contributed by atoms with Gasteiger partial charge in [-0.2, -0.15) is 0 Å². The van der Waals surface area contributed by atoms with Crippen molar-refractivity contribution in [3.05, 3.63) is 0 Å². The summed E-state index contributed by atoms with van der Waals surface area (Å²) in [6.45, 7) is 19.8. The predicted octanol–water partition coefficient (Wildman–Crippen LogP) is 19.0. The maximum atomic E-state index is 13.5. The van der Waals surface area contributed by atoms with Crippen molar-refractivity contribution < 1.29 is 28.7 Å². The molecular formula is C67H131N3O6. The lowest BCUT2D eigenvalue weighted by Crippen LogP contribution is -2.33. The fraction of sp³-hybridized carbons (Fsp3) is 0.940. The number of amides is 2. The Morgan fingerprint density at radius 2 is 0.526 bits per heavy atom. The summed E-state index contributed by atoms with van der Waals surface area (Å²) in [5.74, 6) is 1.45. The normalized spacial score (nSPS) is 12.3. The first kappa shape index (κ1) is 73.8. The van der Waals surface area contributed by atoms with Gasteiger partial charge in [0, 0.05) is 51.9 Å².